The predicted molar refractivity (Wildman–Crippen MR) is 126 cm³/mol. The van der Waals surface area contributed by atoms with Gasteiger partial charge in [0, 0.05) is 0 Å². The Morgan fingerprint density at radius 1 is 0.735 bits per heavy atom. The van der Waals surface area contributed by atoms with E-state index in [0.29, 0.717) is 24.0 Å². The zero-order chi connectivity index (χ0) is 24.4. The summed E-state index contributed by atoms with van der Waals surface area (Å²) in [6, 6.07) is 16.3. The van der Waals surface area contributed by atoms with Crippen molar-refractivity contribution in [3.05, 3.63) is 71.8 Å². The molecule has 34 heavy (non-hydrogen) atoms. The number of aliphatic hydroxyl groups is 2. The number of imide groups is 2. The molecule has 1 heterocycles. The van der Waals surface area contributed by atoms with Gasteiger partial charge in [0.2, 0.25) is 11.8 Å². The number of hydrogen-bond acceptors (Lipinski definition) is 5. The van der Waals surface area contributed by atoms with Crippen LogP contribution in [-0.2, 0) is 9.59 Å². The Hall–Kier alpha value is -3.03. The molecule has 7 nitrogen and oxygen atoms in total. The number of fused-ring (bicyclic) bond motifs is 1. The van der Waals surface area contributed by atoms with Crippen molar-refractivity contribution in [1.82, 2.24) is 9.80 Å². The monoisotopic (exact) mass is 464 g/mol. The molecule has 2 fully saturated rings. The summed E-state index contributed by atoms with van der Waals surface area (Å²) >= 11 is 0. The third kappa shape index (κ3) is 4.38. The fraction of sp³-hybridized carbons (Fsp3) is 0.444. The first-order valence-electron chi connectivity index (χ1n) is 12.0. The lowest BCUT2D eigenvalue weighted by molar-refractivity contribution is -0.137. The highest BCUT2D eigenvalue weighted by Gasteiger charge is 2.53. The molecule has 2 aliphatic rings. The van der Waals surface area contributed by atoms with Gasteiger partial charge in [-0.15, -0.1) is 0 Å². The predicted octanol–water partition coefficient (Wildman–Crippen LogP) is 3.83. The standard InChI is InChI=1S/C27H32N2O5/c1-17(23(30)19-11-5-3-6-12-19)25(32)28-21-15-9-10-16-22(21)29(27(28)34)26(33)18(2)24(31)20-13-7-4-8-14-20/h3-8,11-14,17-18,21-24,30-31H,9-10,15-16H2,1-2H3/t17-,18-,21-,22+,23-,24-/m0/s1. The molecular formula is C27H32N2O5. The summed E-state index contributed by atoms with van der Waals surface area (Å²) in [4.78, 5) is 42.9. The molecule has 4 amide bonds. The number of aliphatic hydroxyl groups excluding tert-OH is 2. The number of urea groups is 1. The highest BCUT2D eigenvalue weighted by atomic mass is 16.3. The second kappa shape index (κ2) is 10.1. The minimum Gasteiger partial charge on any atom is -0.388 e. The summed E-state index contributed by atoms with van der Waals surface area (Å²) in [5.41, 5.74) is 1.20. The van der Waals surface area contributed by atoms with E-state index in [4.69, 9.17) is 0 Å². The summed E-state index contributed by atoms with van der Waals surface area (Å²) in [5.74, 6) is -2.66. The first-order chi connectivity index (χ1) is 16.3. The van der Waals surface area contributed by atoms with Gasteiger partial charge in [-0.3, -0.25) is 19.4 Å². The Morgan fingerprint density at radius 3 is 1.44 bits per heavy atom. The van der Waals surface area contributed by atoms with Crippen LogP contribution in [-0.4, -0.2) is 49.9 Å². The van der Waals surface area contributed by atoms with Gasteiger partial charge in [-0.25, -0.2) is 4.79 Å². The second-order valence-corrected chi connectivity index (χ2v) is 9.41. The van der Waals surface area contributed by atoms with E-state index >= 15 is 0 Å². The summed E-state index contributed by atoms with van der Waals surface area (Å²) in [6.07, 6.45) is 0.834. The number of amides is 4. The Bertz CT molecular complexity index is 946. The zero-order valence-corrected chi connectivity index (χ0v) is 19.6. The molecule has 2 aromatic rings. The quantitative estimate of drug-likeness (QED) is 0.677. The molecule has 7 heteroatoms. The topological polar surface area (TPSA) is 98.2 Å². The van der Waals surface area contributed by atoms with Crippen LogP contribution in [0.1, 0.15) is 62.9 Å². The molecule has 1 saturated carbocycles. The number of carbonyl (C=O) groups is 3. The van der Waals surface area contributed by atoms with E-state index in [9.17, 15) is 24.6 Å². The lowest BCUT2D eigenvalue weighted by atomic mass is 9.88. The highest BCUT2D eigenvalue weighted by Crippen LogP contribution is 2.38. The number of rotatable bonds is 6. The molecular weight excluding hydrogens is 432 g/mol. The van der Waals surface area contributed by atoms with Crippen LogP contribution in [0.5, 0.6) is 0 Å². The van der Waals surface area contributed by atoms with Gasteiger partial charge in [0.15, 0.2) is 0 Å². The van der Waals surface area contributed by atoms with Crippen LogP contribution in [0.2, 0.25) is 0 Å². The zero-order valence-electron chi connectivity index (χ0n) is 19.6. The maximum absolute atomic E-state index is 13.5. The molecule has 1 saturated heterocycles. The Morgan fingerprint density at radius 2 is 1.09 bits per heavy atom. The van der Waals surface area contributed by atoms with E-state index in [0.717, 1.165) is 12.8 Å². The normalized spacial score (nSPS) is 23.7. The molecule has 1 aliphatic carbocycles. The first kappa shape index (κ1) is 24.1. The number of benzene rings is 2. The van der Waals surface area contributed by atoms with E-state index in [1.54, 1.807) is 62.4 Å². The van der Waals surface area contributed by atoms with Crippen LogP contribution in [0.15, 0.2) is 60.7 Å². The van der Waals surface area contributed by atoms with Crippen molar-refractivity contribution in [2.75, 3.05) is 0 Å². The molecule has 0 unspecified atom stereocenters. The second-order valence-electron chi connectivity index (χ2n) is 9.41. The smallest absolute Gasteiger partial charge is 0.334 e. The number of hydrogen-bond donors (Lipinski definition) is 2. The van der Waals surface area contributed by atoms with Gasteiger partial charge < -0.3 is 10.2 Å². The van der Waals surface area contributed by atoms with Crippen molar-refractivity contribution < 1.29 is 24.6 Å². The van der Waals surface area contributed by atoms with E-state index < -0.39 is 54.0 Å². The van der Waals surface area contributed by atoms with E-state index in [2.05, 4.69) is 0 Å². The van der Waals surface area contributed by atoms with Gasteiger partial charge in [0.25, 0.3) is 0 Å². The van der Waals surface area contributed by atoms with Crippen molar-refractivity contribution in [1.29, 1.82) is 0 Å². The number of carbonyl (C=O) groups excluding carboxylic acids is 3. The van der Waals surface area contributed by atoms with E-state index in [1.165, 1.54) is 9.80 Å². The summed E-state index contributed by atoms with van der Waals surface area (Å²) in [6.45, 7) is 3.22. The Labute approximate surface area is 200 Å². The molecule has 1 aliphatic heterocycles. The summed E-state index contributed by atoms with van der Waals surface area (Å²) in [5, 5.41) is 21.6. The molecule has 2 aromatic carbocycles. The largest absolute Gasteiger partial charge is 0.388 e. The highest BCUT2D eigenvalue weighted by molar-refractivity contribution is 6.06. The molecule has 0 spiro atoms. The minimum atomic E-state index is -1.06. The molecule has 4 rings (SSSR count). The van der Waals surface area contributed by atoms with Gasteiger partial charge in [0.1, 0.15) is 0 Å². The van der Waals surface area contributed by atoms with Crippen LogP contribution < -0.4 is 0 Å². The molecule has 6 atom stereocenters. The fourth-order valence-corrected chi connectivity index (χ4v) is 5.20. The summed E-state index contributed by atoms with van der Waals surface area (Å²) < 4.78 is 0. The summed E-state index contributed by atoms with van der Waals surface area (Å²) in [7, 11) is 0. The maximum Gasteiger partial charge on any atom is 0.334 e. The lowest BCUT2D eigenvalue weighted by Crippen LogP contribution is -2.45. The number of nitrogens with zero attached hydrogens (tertiary/aromatic N) is 2. The van der Waals surface area contributed by atoms with Gasteiger partial charge in [-0.2, -0.15) is 0 Å². The SMILES string of the molecule is C[C@H](C(=O)N1C(=O)N(C(=O)[C@@H](C)[C@H](O)c2ccccc2)[C@H]2CCCC[C@H]21)[C@H](O)c1ccccc1. The van der Waals surface area contributed by atoms with Crippen LogP contribution >= 0.6 is 0 Å². The van der Waals surface area contributed by atoms with Gasteiger partial charge in [-0.05, 0) is 24.0 Å². The van der Waals surface area contributed by atoms with Gasteiger partial charge >= 0.3 is 6.03 Å². The fourth-order valence-electron chi connectivity index (χ4n) is 5.20. The van der Waals surface area contributed by atoms with Crippen LogP contribution in [0, 0.1) is 11.8 Å². The first-order valence-corrected chi connectivity index (χ1v) is 12.0. The molecule has 0 radical (unpaired) electrons. The van der Waals surface area contributed by atoms with Crippen molar-refractivity contribution in [2.24, 2.45) is 11.8 Å². The van der Waals surface area contributed by atoms with Crippen LogP contribution in [0.4, 0.5) is 4.79 Å². The average molecular weight is 465 g/mol. The van der Waals surface area contributed by atoms with Crippen molar-refractivity contribution in [2.45, 2.75) is 63.8 Å². The average Bonchev–Trinajstić information content (AvgIpc) is 3.18. The lowest BCUT2D eigenvalue weighted by Gasteiger charge is -2.32. The third-order valence-corrected chi connectivity index (χ3v) is 7.25. The van der Waals surface area contributed by atoms with Crippen molar-refractivity contribution in [3.8, 4) is 0 Å². The van der Waals surface area contributed by atoms with Crippen molar-refractivity contribution >= 4 is 17.8 Å². The third-order valence-electron chi connectivity index (χ3n) is 7.25. The van der Waals surface area contributed by atoms with Crippen LogP contribution in [0.3, 0.4) is 0 Å². The van der Waals surface area contributed by atoms with E-state index in [1.807, 2.05) is 12.1 Å². The Balaban J connectivity index is 1.57. The Kier molecular flexibility index (Phi) is 7.14. The van der Waals surface area contributed by atoms with Crippen LogP contribution in [0.25, 0.3) is 0 Å². The minimum absolute atomic E-state index is 0.413. The molecule has 180 valence electrons. The van der Waals surface area contributed by atoms with Crippen molar-refractivity contribution in [3.63, 3.8) is 0 Å². The molecule has 2 N–H and O–H groups in total. The molecule has 0 aromatic heterocycles. The molecule has 0 bridgehead atoms. The van der Waals surface area contributed by atoms with Gasteiger partial charge in [0.05, 0.1) is 36.1 Å². The maximum atomic E-state index is 13.5. The van der Waals surface area contributed by atoms with Gasteiger partial charge in [-0.1, -0.05) is 87.4 Å². The van der Waals surface area contributed by atoms with E-state index in [-0.39, 0.29) is 0 Å².